The number of carbonyl (C=O) groups is 1. The molecule has 6 nitrogen and oxygen atoms in total. The summed E-state index contributed by atoms with van der Waals surface area (Å²) < 4.78 is 10.9. The van der Waals surface area contributed by atoms with Crippen LogP contribution in [-0.4, -0.2) is 34.6 Å². The van der Waals surface area contributed by atoms with Gasteiger partial charge in [0.25, 0.3) is 0 Å². The minimum atomic E-state index is -0.0887. The minimum absolute atomic E-state index is 0.0853. The minimum Gasteiger partial charge on any atom is -0.496 e. The SMILES string of the molecule is COc1ccccc1CN1CC(c2nc(-c3ccc(C)cc3C)no2)CC1=O. The summed E-state index contributed by atoms with van der Waals surface area (Å²) in [6.07, 6.45) is 0.379. The van der Waals surface area contributed by atoms with Gasteiger partial charge in [0.05, 0.1) is 13.0 Å². The summed E-state index contributed by atoms with van der Waals surface area (Å²) in [5.41, 5.74) is 4.24. The molecular formula is C22H23N3O3. The van der Waals surface area contributed by atoms with Crippen molar-refractivity contribution in [3.8, 4) is 17.1 Å². The van der Waals surface area contributed by atoms with Crippen LogP contribution in [0.5, 0.6) is 5.75 Å². The van der Waals surface area contributed by atoms with Crippen LogP contribution in [-0.2, 0) is 11.3 Å². The standard InChI is InChI=1S/C22H23N3O3/c1-14-8-9-18(15(2)10-14)21-23-22(28-24-21)17-11-20(26)25(13-17)12-16-6-4-5-7-19(16)27-3/h4-10,17H,11-13H2,1-3H3. The van der Waals surface area contributed by atoms with Gasteiger partial charge in [-0.1, -0.05) is 47.1 Å². The second-order valence-corrected chi connectivity index (χ2v) is 7.26. The molecule has 1 fully saturated rings. The summed E-state index contributed by atoms with van der Waals surface area (Å²) in [4.78, 5) is 18.9. The fourth-order valence-electron chi connectivity index (χ4n) is 3.70. The molecule has 2 aromatic carbocycles. The Labute approximate surface area is 164 Å². The predicted molar refractivity (Wildman–Crippen MR) is 105 cm³/mol. The molecule has 1 aromatic heterocycles. The topological polar surface area (TPSA) is 68.5 Å². The lowest BCUT2D eigenvalue weighted by Crippen LogP contribution is -2.24. The van der Waals surface area contributed by atoms with E-state index in [0.29, 0.717) is 31.2 Å². The number of hydrogen-bond donors (Lipinski definition) is 0. The third-order valence-electron chi connectivity index (χ3n) is 5.18. The number of aromatic nitrogens is 2. The van der Waals surface area contributed by atoms with Crippen molar-refractivity contribution in [2.45, 2.75) is 32.7 Å². The van der Waals surface area contributed by atoms with E-state index in [0.717, 1.165) is 22.4 Å². The Hall–Kier alpha value is -3.15. The number of rotatable bonds is 5. The highest BCUT2D eigenvalue weighted by Crippen LogP contribution is 2.31. The van der Waals surface area contributed by atoms with E-state index in [1.165, 1.54) is 5.56 Å². The van der Waals surface area contributed by atoms with Crippen molar-refractivity contribution in [3.05, 3.63) is 65.0 Å². The maximum absolute atomic E-state index is 12.5. The molecule has 28 heavy (non-hydrogen) atoms. The number of methoxy groups -OCH3 is 1. The molecule has 1 amide bonds. The Morgan fingerprint density at radius 3 is 2.82 bits per heavy atom. The van der Waals surface area contributed by atoms with Gasteiger partial charge in [-0.25, -0.2) is 0 Å². The van der Waals surface area contributed by atoms with Gasteiger partial charge < -0.3 is 14.2 Å². The molecule has 0 saturated carbocycles. The lowest BCUT2D eigenvalue weighted by molar-refractivity contribution is -0.128. The van der Waals surface area contributed by atoms with E-state index in [-0.39, 0.29) is 11.8 Å². The quantitative estimate of drug-likeness (QED) is 0.675. The lowest BCUT2D eigenvalue weighted by atomic mass is 10.1. The van der Waals surface area contributed by atoms with Gasteiger partial charge in [0.1, 0.15) is 5.75 Å². The molecule has 1 aliphatic rings. The molecule has 0 radical (unpaired) electrons. The molecule has 1 atom stereocenters. The van der Waals surface area contributed by atoms with Gasteiger partial charge in [0.15, 0.2) is 0 Å². The summed E-state index contributed by atoms with van der Waals surface area (Å²) in [5, 5.41) is 4.15. The number of amides is 1. The zero-order valence-corrected chi connectivity index (χ0v) is 16.3. The Morgan fingerprint density at radius 1 is 1.21 bits per heavy atom. The van der Waals surface area contributed by atoms with Gasteiger partial charge in [0, 0.05) is 30.6 Å². The van der Waals surface area contributed by atoms with Crippen LogP contribution < -0.4 is 4.74 Å². The van der Waals surface area contributed by atoms with Crippen LogP contribution in [0.4, 0.5) is 0 Å². The number of para-hydroxylation sites is 1. The molecule has 0 N–H and O–H groups in total. The van der Waals surface area contributed by atoms with Crippen molar-refractivity contribution in [1.29, 1.82) is 0 Å². The highest BCUT2D eigenvalue weighted by Gasteiger charge is 2.34. The summed E-state index contributed by atoms with van der Waals surface area (Å²) in [6.45, 7) is 5.16. The number of carbonyl (C=O) groups excluding carboxylic acids is 1. The second-order valence-electron chi connectivity index (χ2n) is 7.26. The highest BCUT2D eigenvalue weighted by molar-refractivity contribution is 5.79. The van der Waals surface area contributed by atoms with E-state index in [1.54, 1.807) is 7.11 Å². The van der Waals surface area contributed by atoms with Crippen molar-refractivity contribution in [3.63, 3.8) is 0 Å². The molecule has 4 rings (SSSR count). The van der Waals surface area contributed by atoms with Crippen LogP contribution in [0.25, 0.3) is 11.4 Å². The van der Waals surface area contributed by atoms with Crippen molar-refractivity contribution >= 4 is 5.91 Å². The fraction of sp³-hybridized carbons (Fsp3) is 0.318. The first-order valence-corrected chi connectivity index (χ1v) is 9.36. The smallest absolute Gasteiger partial charge is 0.232 e. The van der Waals surface area contributed by atoms with E-state index in [2.05, 4.69) is 23.1 Å². The van der Waals surface area contributed by atoms with Gasteiger partial charge in [-0.15, -0.1) is 0 Å². The van der Waals surface area contributed by atoms with E-state index >= 15 is 0 Å². The number of aryl methyl sites for hydroxylation is 2. The van der Waals surface area contributed by atoms with Crippen LogP contribution in [0.15, 0.2) is 47.0 Å². The third kappa shape index (κ3) is 3.50. The van der Waals surface area contributed by atoms with Crippen LogP contribution >= 0.6 is 0 Å². The maximum atomic E-state index is 12.5. The molecule has 1 aliphatic heterocycles. The van der Waals surface area contributed by atoms with Gasteiger partial charge in [-0.2, -0.15) is 4.98 Å². The van der Waals surface area contributed by atoms with Gasteiger partial charge in [-0.3, -0.25) is 4.79 Å². The first kappa shape index (κ1) is 18.2. The Kier molecular flexibility index (Phi) is 4.86. The number of likely N-dealkylation sites (tertiary alicyclic amines) is 1. The summed E-state index contributed by atoms with van der Waals surface area (Å²) >= 11 is 0. The fourth-order valence-corrected chi connectivity index (χ4v) is 3.70. The molecular weight excluding hydrogens is 354 g/mol. The number of benzene rings is 2. The number of ether oxygens (including phenoxy) is 1. The number of nitrogens with zero attached hydrogens (tertiary/aromatic N) is 3. The Bertz CT molecular complexity index is 1010. The molecule has 0 spiro atoms. The largest absolute Gasteiger partial charge is 0.496 e. The zero-order chi connectivity index (χ0) is 19.7. The van der Waals surface area contributed by atoms with E-state index < -0.39 is 0 Å². The summed E-state index contributed by atoms with van der Waals surface area (Å²) in [6, 6.07) is 13.9. The molecule has 3 aromatic rings. The van der Waals surface area contributed by atoms with Crippen LogP contribution in [0.1, 0.15) is 34.9 Å². The van der Waals surface area contributed by atoms with Crippen molar-refractivity contribution in [2.24, 2.45) is 0 Å². The van der Waals surface area contributed by atoms with Gasteiger partial charge >= 0.3 is 0 Å². The Morgan fingerprint density at radius 2 is 2.04 bits per heavy atom. The monoisotopic (exact) mass is 377 g/mol. The van der Waals surface area contributed by atoms with Crippen LogP contribution in [0, 0.1) is 13.8 Å². The normalized spacial score (nSPS) is 16.6. The van der Waals surface area contributed by atoms with Crippen LogP contribution in [0.3, 0.4) is 0 Å². The molecule has 0 aliphatic carbocycles. The predicted octanol–water partition coefficient (Wildman–Crippen LogP) is 3.88. The molecule has 1 saturated heterocycles. The molecule has 2 heterocycles. The van der Waals surface area contributed by atoms with Crippen LogP contribution in [0.2, 0.25) is 0 Å². The van der Waals surface area contributed by atoms with Crippen molar-refractivity contribution in [2.75, 3.05) is 13.7 Å². The van der Waals surface area contributed by atoms with E-state index in [1.807, 2.05) is 48.2 Å². The van der Waals surface area contributed by atoms with Gasteiger partial charge in [-0.05, 0) is 25.5 Å². The molecule has 6 heteroatoms. The average molecular weight is 377 g/mol. The lowest BCUT2D eigenvalue weighted by Gasteiger charge is -2.17. The highest BCUT2D eigenvalue weighted by atomic mass is 16.5. The van der Waals surface area contributed by atoms with Gasteiger partial charge in [0.2, 0.25) is 17.6 Å². The zero-order valence-electron chi connectivity index (χ0n) is 16.3. The summed E-state index contributed by atoms with van der Waals surface area (Å²) in [5.74, 6) is 1.87. The van der Waals surface area contributed by atoms with Crippen molar-refractivity contribution in [1.82, 2.24) is 15.0 Å². The first-order valence-electron chi connectivity index (χ1n) is 9.36. The maximum Gasteiger partial charge on any atom is 0.232 e. The van der Waals surface area contributed by atoms with E-state index in [4.69, 9.17) is 9.26 Å². The Balaban J connectivity index is 1.51. The third-order valence-corrected chi connectivity index (χ3v) is 5.18. The molecule has 0 bridgehead atoms. The van der Waals surface area contributed by atoms with E-state index in [9.17, 15) is 4.79 Å². The number of hydrogen-bond acceptors (Lipinski definition) is 5. The first-order chi connectivity index (χ1) is 13.5. The summed E-state index contributed by atoms with van der Waals surface area (Å²) in [7, 11) is 1.64. The second kappa shape index (κ2) is 7.46. The molecule has 1 unspecified atom stereocenters. The molecule has 144 valence electrons. The average Bonchev–Trinajstić information content (AvgIpc) is 3.30. The van der Waals surface area contributed by atoms with Crippen molar-refractivity contribution < 1.29 is 14.1 Å².